The molecule has 3 aromatic rings. The maximum atomic E-state index is 2.21. The molecule has 3 radical (unpaired) electrons. The van der Waals surface area contributed by atoms with E-state index in [-0.39, 0.29) is 38.1 Å². The zero-order valence-corrected chi connectivity index (χ0v) is 13.6. The third-order valence-corrected chi connectivity index (χ3v) is 5.17. The Morgan fingerprint density at radius 3 is 0.833 bits per heavy atom. The minimum atomic E-state index is -0.0146. The number of rotatable bonds is 3. The Labute approximate surface area is 144 Å². The second kappa shape index (κ2) is 13.3. The lowest BCUT2D eigenvalue weighted by atomic mass is 10.4. The topological polar surface area (TPSA) is 0 Å². The van der Waals surface area contributed by atoms with Crippen molar-refractivity contribution in [2.45, 2.75) is 14.7 Å². The Balaban J connectivity index is -0.000000882. The fourth-order valence-corrected chi connectivity index (χ4v) is 4.18. The molecular weight excluding hydrogens is 335 g/mol. The second-order valence-electron chi connectivity index (χ2n) is 4.25. The minimum Gasteiger partial charge on any atom is -1.00 e. The van der Waals surface area contributed by atoms with Crippen molar-refractivity contribution in [2.75, 3.05) is 0 Å². The fraction of sp³-hybridized carbons (Fsp3) is 0. The van der Waals surface area contributed by atoms with Crippen LogP contribution in [0.2, 0.25) is 0 Å². The van der Waals surface area contributed by atoms with Gasteiger partial charge in [-0.05, 0) is 36.4 Å². The van der Waals surface area contributed by atoms with Crippen LogP contribution in [0.25, 0.3) is 0 Å². The van der Waals surface area contributed by atoms with Crippen LogP contribution in [0.15, 0.2) is 106 Å². The third kappa shape index (κ3) is 6.12. The van der Waals surface area contributed by atoms with E-state index in [0.717, 1.165) is 0 Å². The van der Waals surface area contributed by atoms with Crippen LogP contribution in [0.3, 0.4) is 0 Å². The van der Waals surface area contributed by atoms with Crippen LogP contribution in [0, 0.1) is 0 Å². The predicted octanol–water partition coefficient (Wildman–Crippen LogP) is 1.86. The molecule has 0 aliphatic rings. The average molecular weight is 353 g/mol. The van der Waals surface area contributed by atoms with Gasteiger partial charge in [0, 0.05) is 8.41 Å². The van der Waals surface area contributed by atoms with E-state index in [2.05, 4.69) is 91.0 Å². The van der Waals surface area contributed by atoms with Gasteiger partial charge in [0.1, 0.15) is 0 Å². The zero-order valence-electron chi connectivity index (χ0n) is 12.7. The molecule has 3 rings (SSSR count). The van der Waals surface area contributed by atoms with Gasteiger partial charge in [-0.2, -0.15) is 0 Å². The molecule has 0 aliphatic heterocycles. The van der Waals surface area contributed by atoms with Crippen molar-refractivity contribution in [3.05, 3.63) is 91.0 Å². The summed E-state index contributed by atoms with van der Waals surface area (Å²) in [6.45, 7) is 0. The fourth-order valence-electron chi connectivity index (χ4n) is 2.08. The van der Waals surface area contributed by atoms with Crippen LogP contribution in [0.1, 0.15) is 0 Å². The molecule has 3 aromatic carbocycles. The molecule has 0 saturated carbocycles. The highest BCUT2D eigenvalue weighted by atomic mass is 32.2. The minimum absolute atomic E-state index is 0. The Morgan fingerprint density at radius 1 is 0.417 bits per heavy atom. The van der Waals surface area contributed by atoms with E-state index in [1.54, 1.807) is 0 Å². The highest BCUT2D eigenvalue weighted by Crippen LogP contribution is 2.30. The van der Waals surface area contributed by atoms with Gasteiger partial charge in [-0.3, -0.25) is 14.1 Å². The zero-order chi connectivity index (χ0) is 12.9. The van der Waals surface area contributed by atoms with Crippen molar-refractivity contribution in [3.8, 4) is 0 Å². The summed E-state index contributed by atoms with van der Waals surface area (Å²) in [4.78, 5) is 4.08. The normalized spacial score (nSPS) is 8.38. The van der Waals surface area contributed by atoms with E-state index in [9.17, 15) is 0 Å². The van der Waals surface area contributed by atoms with E-state index in [4.69, 9.17) is 0 Å². The van der Waals surface area contributed by atoms with Gasteiger partial charge in [-0.15, -0.1) is 0 Å². The molecular formula is C18H18BF4S. The molecule has 0 N–H and O–H groups in total. The van der Waals surface area contributed by atoms with Crippen LogP contribution in [0.5, 0.6) is 0 Å². The van der Waals surface area contributed by atoms with Gasteiger partial charge >= 0.3 is 0 Å². The van der Waals surface area contributed by atoms with E-state index < -0.39 is 0 Å². The Bertz CT molecular complexity index is 545. The molecule has 0 saturated heterocycles. The van der Waals surface area contributed by atoms with Gasteiger partial charge in [0.25, 0.3) is 0 Å². The van der Waals surface area contributed by atoms with E-state index in [1.807, 2.05) is 0 Å². The van der Waals surface area contributed by atoms with Crippen molar-refractivity contribution in [3.63, 3.8) is 0 Å². The predicted molar refractivity (Wildman–Crippen MR) is 94.8 cm³/mol. The van der Waals surface area contributed by atoms with Crippen molar-refractivity contribution in [1.29, 1.82) is 0 Å². The molecule has 6 heteroatoms. The van der Waals surface area contributed by atoms with Gasteiger partial charge in [0.2, 0.25) is 0 Å². The Morgan fingerprint density at radius 2 is 0.625 bits per heavy atom. The van der Waals surface area contributed by atoms with Crippen LogP contribution < -0.4 is 4.70 Å². The van der Waals surface area contributed by atoms with Crippen molar-refractivity contribution >= 4 is 19.3 Å². The average Bonchev–Trinajstić information content (AvgIpc) is 2.51. The van der Waals surface area contributed by atoms with Crippen LogP contribution in [-0.2, 0) is 10.9 Å². The third-order valence-electron chi connectivity index (χ3n) is 2.94. The van der Waals surface area contributed by atoms with E-state index in [1.165, 1.54) is 14.7 Å². The number of hydrogen-bond donors (Lipinski definition) is 0. The summed E-state index contributed by atoms with van der Waals surface area (Å²) in [7, 11) is -0.0146. The van der Waals surface area contributed by atoms with Crippen LogP contribution in [0.4, 0.5) is 14.1 Å². The lowest BCUT2D eigenvalue weighted by molar-refractivity contribution is -0.00000657. The first-order valence-corrected chi connectivity index (χ1v) is 7.57. The van der Waals surface area contributed by atoms with Gasteiger partial charge in [0.15, 0.2) is 14.7 Å². The SMILES string of the molecule is F.F.F.[B].[F-].c1ccc([S+](c2ccccc2)c2ccccc2)cc1. The first kappa shape index (κ1) is 26.7. The van der Waals surface area contributed by atoms with Gasteiger partial charge < -0.3 is 4.70 Å². The molecule has 0 fully saturated rings. The standard InChI is InChI=1S/C18H15S.B.4FH/c1-4-10-16(11-5-1)19(17-12-6-2-7-13-17)18-14-8-3-9-15-18;;;;;/h1-15H;;4*1H/q+1;;;;;/p-1. The molecule has 0 aliphatic carbocycles. The van der Waals surface area contributed by atoms with Crippen molar-refractivity contribution in [1.82, 2.24) is 0 Å². The van der Waals surface area contributed by atoms with E-state index in [0.29, 0.717) is 0 Å². The smallest absolute Gasteiger partial charge is 0.166 e. The van der Waals surface area contributed by atoms with E-state index >= 15 is 0 Å². The molecule has 0 bridgehead atoms. The summed E-state index contributed by atoms with van der Waals surface area (Å²) in [5.41, 5.74) is 0. The highest BCUT2D eigenvalue weighted by molar-refractivity contribution is 7.97. The lowest BCUT2D eigenvalue weighted by Crippen LogP contribution is -3.00. The van der Waals surface area contributed by atoms with Gasteiger partial charge in [0.05, 0.1) is 10.9 Å². The number of halogens is 4. The van der Waals surface area contributed by atoms with Crippen LogP contribution >= 0.6 is 0 Å². The van der Waals surface area contributed by atoms with Crippen LogP contribution in [-0.4, -0.2) is 8.41 Å². The number of hydrogen-bond acceptors (Lipinski definition) is 0. The summed E-state index contributed by atoms with van der Waals surface area (Å²) >= 11 is 0. The van der Waals surface area contributed by atoms with Crippen molar-refractivity contribution in [2.24, 2.45) is 0 Å². The molecule has 0 aromatic heterocycles. The maximum Gasteiger partial charge on any atom is 0.166 e. The highest BCUT2D eigenvalue weighted by Gasteiger charge is 2.27. The van der Waals surface area contributed by atoms with Gasteiger partial charge in [-0.25, -0.2) is 0 Å². The molecule has 127 valence electrons. The lowest BCUT2D eigenvalue weighted by Gasteiger charge is -2.07. The second-order valence-corrected chi connectivity index (χ2v) is 6.27. The first-order chi connectivity index (χ1) is 9.45. The quantitative estimate of drug-likeness (QED) is 0.383. The summed E-state index contributed by atoms with van der Waals surface area (Å²) in [6, 6.07) is 32.2. The Hall–Kier alpha value is -2.21. The summed E-state index contributed by atoms with van der Waals surface area (Å²) in [5, 5.41) is 0. The monoisotopic (exact) mass is 353 g/mol. The largest absolute Gasteiger partial charge is 1.00 e. The molecule has 0 amide bonds. The molecule has 0 atom stereocenters. The Kier molecular flexibility index (Phi) is 14.7. The number of benzene rings is 3. The summed E-state index contributed by atoms with van der Waals surface area (Å²) < 4.78 is 0. The summed E-state index contributed by atoms with van der Waals surface area (Å²) in [6.07, 6.45) is 0. The molecule has 0 heterocycles. The van der Waals surface area contributed by atoms with Gasteiger partial charge in [-0.1, -0.05) is 54.6 Å². The van der Waals surface area contributed by atoms with Crippen molar-refractivity contribution < 1.29 is 18.8 Å². The first-order valence-electron chi connectivity index (χ1n) is 6.34. The molecule has 0 spiro atoms. The molecule has 24 heavy (non-hydrogen) atoms. The summed E-state index contributed by atoms with van der Waals surface area (Å²) in [5.74, 6) is 0. The molecule has 0 nitrogen and oxygen atoms in total. The molecule has 0 unspecified atom stereocenters. The maximum absolute atomic E-state index is 2.21.